The Morgan fingerprint density at radius 2 is 2.37 bits per heavy atom. The molecule has 2 saturated heterocycles. The summed E-state index contributed by atoms with van der Waals surface area (Å²) in [7, 11) is -2.92. The van der Waals surface area contributed by atoms with Gasteiger partial charge in [-0.1, -0.05) is 5.16 Å². The lowest BCUT2D eigenvalue weighted by atomic mass is 10.2. The zero-order chi connectivity index (χ0) is 13.3. The molecular weight excluding hydrogens is 286 g/mol. The molecule has 0 amide bonds. The summed E-state index contributed by atoms with van der Waals surface area (Å²) >= 11 is 1.86. The lowest BCUT2D eigenvalue weighted by Gasteiger charge is -2.21. The van der Waals surface area contributed by atoms with Crippen LogP contribution >= 0.6 is 11.8 Å². The van der Waals surface area contributed by atoms with Crippen molar-refractivity contribution in [1.29, 1.82) is 0 Å². The van der Waals surface area contributed by atoms with E-state index in [0.717, 1.165) is 18.0 Å². The van der Waals surface area contributed by atoms with Crippen LogP contribution in [0.15, 0.2) is 4.52 Å². The summed E-state index contributed by atoms with van der Waals surface area (Å²) in [6.07, 6.45) is 2.78. The number of aromatic nitrogens is 2. The molecule has 8 heteroatoms. The Morgan fingerprint density at radius 3 is 3.11 bits per heavy atom. The van der Waals surface area contributed by atoms with Crippen molar-refractivity contribution in [3.8, 4) is 0 Å². The third-order valence-electron chi connectivity index (χ3n) is 3.42. The molecule has 0 bridgehead atoms. The van der Waals surface area contributed by atoms with Crippen molar-refractivity contribution >= 4 is 21.6 Å². The molecule has 0 spiro atoms. The van der Waals surface area contributed by atoms with Crippen LogP contribution in [0.25, 0.3) is 0 Å². The van der Waals surface area contributed by atoms with Crippen LogP contribution in [0.2, 0.25) is 0 Å². The Kier molecular flexibility index (Phi) is 3.81. The normalized spacial score (nSPS) is 30.5. The SMILES string of the molecule is O=S1(=O)CCNC(Cc2nc(C3CCCS3)no2)C1. The molecular formula is C11H17N3O3S2. The van der Waals surface area contributed by atoms with Gasteiger partial charge in [0.25, 0.3) is 0 Å². The van der Waals surface area contributed by atoms with Gasteiger partial charge in [0.15, 0.2) is 15.7 Å². The second kappa shape index (κ2) is 5.41. The molecule has 0 saturated carbocycles. The fourth-order valence-electron chi connectivity index (χ4n) is 2.47. The van der Waals surface area contributed by atoms with E-state index in [0.29, 0.717) is 24.1 Å². The molecule has 0 radical (unpaired) electrons. The van der Waals surface area contributed by atoms with Crippen LogP contribution in [-0.2, 0) is 16.3 Å². The highest BCUT2D eigenvalue weighted by molar-refractivity contribution is 7.99. The summed E-state index contributed by atoms with van der Waals surface area (Å²) < 4.78 is 28.3. The largest absolute Gasteiger partial charge is 0.339 e. The monoisotopic (exact) mass is 303 g/mol. The molecule has 2 fully saturated rings. The molecule has 2 aliphatic rings. The summed E-state index contributed by atoms with van der Waals surface area (Å²) in [5, 5.41) is 7.55. The average molecular weight is 303 g/mol. The highest BCUT2D eigenvalue weighted by atomic mass is 32.2. The second-order valence-corrected chi connectivity index (χ2v) is 8.56. The van der Waals surface area contributed by atoms with E-state index in [2.05, 4.69) is 15.5 Å². The molecule has 6 nitrogen and oxygen atoms in total. The Balaban J connectivity index is 1.63. The molecule has 0 aliphatic carbocycles. The van der Waals surface area contributed by atoms with Gasteiger partial charge in [-0.2, -0.15) is 16.7 Å². The Bertz CT molecular complexity index is 537. The third kappa shape index (κ3) is 3.29. The van der Waals surface area contributed by atoms with Gasteiger partial charge in [0.2, 0.25) is 5.89 Å². The molecule has 19 heavy (non-hydrogen) atoms. The van der Waals surface area contributed by atoms with E-state index in [4.69, 9.17) is 4.52 Å². The maximum absolute atomic E-state index is 11.6. The van der Waals surface area contributed by atoms with Gasteiger partial charge in [-0.05, 0) is 18.6 Å². The number of thioether (sulfide) groups is 1. The van der Waals surface area contributed by atoms with Gasteiger partial charge in [0, 0.05) is 19.0 Å². The van der Waals surface area contributed by atoms with E-state index in [1.165, 1.54) is 6.42 Å². The number of rotatable bonds is 3. The van der Waals surface area contributed by atoms with Crippen LogP contribution in [0.1, 0.15) is 29.8 Å². The van der Waals surface area contributed by atoms with Gasteiger partial charge in [-0.25, -0.2) is 8.42 Å². The van der Waals surface area contributed by atoms with Gasteiger partial charge < -0.3 is 9.84 Å². The van der Waals surface area contributed by atoms with Crippen molar-refractivity contribution in [3.63, 3.8) is 0 Å². The maximum Gasteiger partial charge on any atom is 0.228 e. The van der Waals surface area contributed by atoms with Crippen molar-refractivity contribution in [2.75, 3.05) is 23.8 Å². The minimum Gasteiger partial charge on any atom is -0.339 e. The summed E-state index contributed by atoms with van der Waals surface area (Å²) in [6, 6.07) is -0.108. The highest BCUT2D eigenvalue weighted by Gasteiger charge is 2.27. The Morgan fingerprint density at radius 1 is 1.47 bits per heavy atom. The molecule has 2 atom stereocenters. The van der Waals surface area contributed by atoms with Crippen LogP contribution in [0.4, 0.5) is 0 Å². The van der Waals surface area contributed by atoms with E-state index in [1.807, 2.05) is 11.8 Å². The summed E-state index contributed by atoms with van der Waals surface area (Å²) in [5.74, 6) is 2.82. The van der Waals surface area contributed by atoms with Crippen LogP contribution in [0.3, 0.4) is 0 Å². The van der Waals surface area contributed by atoms with Gasteiger partial charge in [-0.3, -0.25) is 0 Å². The van der Waals surface area contributed by atoms with Crippen molar-refractivity contribution in [2.24, 2.45) is 0 Å². The summed E-state index contributed by atoms with van der Waals surface area (Å²) in [6.45, 7) is 0.506. The fraction of sp³-hybridized carbons (Fsp3) is 0.818. The highest BCUT2D eigenvalue weighted by Crippen LogP contribution is 2.38. The van der Waals surface area contributed by atoms with Gasteiger partial charge in [0.1, 0.15) is 0 Å². The van der Waals surface area contributed by atoms with Gasteiger partial charge in [-0.15, -0.1) is 0 Å². The minimum absolute atomic E-state index is 0.108. The van der Waals surface area contributed by atoms with Crippen LogP contribution in [-0.4, -0.2) is 48.4 Å². The first-order valence-corrected chi connectivity index (χ1v) is 9.37. The summed E-state index contributed by atoms with van der Waals surface area (Å²) in [4.78, 5) is 4.40. The first-order valence-electron chi connectivity index (χ1n) is 6.50. The topological polar surface area (TPSA) is 85.1 Å². The Labute approximate surface area is 116 Å². The molecule has 3 heterocycles. The van der Waals surface area contributed by atoms with E-state index >= 15 is 0 Å². The van der Waals surface area contributed by atoms with Crippen molar-refractivity contribution in [3.05, 3.63) is 11.7 Å². The molecule has 106 valence electrons. The Hall–Kier alpha value is -0.600. The molecule has 1 aromatic heterocycles. The van der Waals surface area contributed by atoms with Crippen LogP contribution in [0, 0.1) is 0 Å². The van der Waals surface area contributed by atoms with Gasteiger partial charge in [0.05, 0.1) is 16.8 Å². The lowest BCUT2D eigenvalue weighted by molar-refractivity contribution is 0.356. The zero-order valence-electron chi connectivity index (χ0n) is 10.5. The number of hydrogen-bond acceptors (Lipinski definition) is 7. The van der Waals surface area contributed by atoms with Crippen LogP contribution in [0.5, 0.6) is 0 Å². The summed E-state index contributed by atoms with van der Waals surface area (Å²) in [5.41, 5.74) is 0. The standard InChI is InChI=1S/C11H17N3O3S2/c15-19(16)5-3-12-8(7-19)6-10-13-11(14-17-10)9-2-1-4-18-9/h8-9,12H,1-7H2. The predicted molar refractivity (Wildman–Crippen MR) is 72.9 cm³/mol. The van der Waals surface area contributed by atoms with Crippen molar-refractivity contribution < 1.29 is 12.9 Å². The number of sulfone groups is 1. The van der Waals surface area contributed by atoms with E-state index in [1.54, 1.807) is 0 Å². The first-order chi connectivity index (χ1) is 9.12. The molecule has 1 N–H and O–H groups in total. The third-order valence-corrected chi connectivity index (χ3v) is 6.53. The number of nitrogens with one attached hydrogen (secondary N) is 1. The predicted octanol–water partition coefficient (Wildman–Crippen LogP) is 0.567. The maximum atomic E-state index is 11.6. The quantitative estimate of drug-likeness (QED) is 0.873. The average Bonchev–Trinajstić information content (AvgIpc) is 2.96. The molecule has 1 aromatic rings. The first kappa shape index (κ1) is 13.4. The minimum atomic E-state index is -2.92. The molecule has 2 aliphatic heterocycles. The van der Waals surface area contributed by atoms with Crippen LogP contribution < -0.4 is 5.32 Å². The van der Waals surface area contributed by atoms with E-state index in [9.17, 15) is 8.42 Å². The van der Waals surface area contributed by atoms with E-state index in [-0.39, 0.29) is 17.5 Å². The number of hydrogen-bond donors (Lipinski definition) is 1. The smallest absolute Gasteiger partial charge is 0.228 e. The molecule has 3 rings (SSSR count). The molecule has 2 unspecified atom stereocenters. The lowest BCUT2D eigenvalue weighted by Crippen LogP contribution is -2.46. The fourth-order valence-corrected chi connectivity index (χ4v) is 5.11. The zero-order valence-corrected chi connectivity index (χ0v) is 12.2. The van der Waals surface area contributed by atoms with Crippen molar-refractivity contribution in [1.82, 2.24) is 15.5 Å². The number of nitrogens with zero attached hydrogens (tertiary/aromatic N) is 2. The van der Waals surface area contributed by atoms with E-state index < -0.39 is 9.84 Å². The van der Waals surface area contributed by atoms with Gasteiger partial charge >= 0.3 is 0 Å². The van der Waals surface area contributed by atoms with Crippen molar-refractivity contribution in [2.45, 2.75) is 30.6 Å². The molecule has 0 aromatic carbocycles. The second-order valence-electron chi connectivity index (χ2n) is 5.02.